The Kier molecular flexibility index (Phi) is 7.80. The number of rotatable bonds is 8. The van der Waals surface area contributed by atoms with E-state index in [0.29, 0.717) is 12.1 Å². The zero-order chi connectivity index (χ0) is 16.5. The average Bonchev–Trinajstić information content (AvgIpc) is 2.50. The summed E-state index contributed by atoms with van der Waals surface area (Å²) in [5.74, 6) is -0.607. The van der Waals surface area contributed by atoms with Crippen LogP contribution in [0.2, 0.25) is 0 Å². The summed E-state index contributed by atoms with van der Waals surface area (Å²) >= 11 is 3.30. The van der Waals surface area contributed by atoms with Crippen molar-refractivity contribution in [3.8, 4) is 0 Å². The number of hydrogen-bond acceptors (Lipinski definition) is 3. The van der Waals surface area contributed by atoms with Crippen LogP contribution in [-0.2, 0) is 9.59 Å². The lowest BCUT2D eigenvalue weighted by atomic mass is 10.1. The lowest BCUT2D eigenvalue weighted by Crippen LogP contribution is -2.45. The molecule has 0 fully saturated rings. The second kappa shape index (κ2) is 9.35. The van der Waals surface area contributed by atoms with Crippen LogP contribution in [0.25, 0.3) is 0 Å². The number of hydrogen-bond donors (Lipinski definition) is 2. The molecular weight excluding hydrogens is 348 g/mol. The van der Waals surface area contributed by atoms with E-state index < -0.39 is 6.04 Å². The quantitative estimate of drug-likeness (QED) is 0.692. The molecule has 0 spiro atoms. The highest BCUT2D eigenvalue weighted by molar-refractivity contribution is 9.10. The van der Waals surface area contributed by atoms with Crippen molar-refractivity contribution in [2.24, 2.45) is 0 Å². The molecule has 0 heterocycles. The van der Waals surface area contributed by atoms with Crippen molar-refractivity contribution in [2.75, 3.05) is 6.54 Å². The van der Waals surface area contributed by atoms with E-state index in [-0.39, 0.29) is 30.4 Å². The second-order valence-corrected chi connectivity index (χ2v) is 5.93. The van der Waals surface area contributed by atoms with Gasteiger partial charge >= 0.3 is 0 Å². The molecule has 0 saturated carbocycles. The largest absolute Gasteiger partial charge is 0.354 e. The molecule has 0 aromatic heterocycles. The SMILES string of the molecule is CCCNC(=O)[C@H](C)NC(=O)CCC(=O)c1ccc(Br)cc1. The van der Waals surface area contributed by atoms with E-state index in [1.807, 2.05) is 6.92 Å². The van der Waals surface area contributed by atoms with Crippen molar-refractivity contribution in [2.45, 2.75) is 39.2 Å². The summed E-state index contributed by atoms with van der Waals surface area (Å²) in [5, 5.41) is 5.30. The van der Waals surface area contributed by atoms with Crippen LogP contribution in [0.4, 0.5) is 0 Å². The third kappa shape index (κ3) is 6.39. The molecule has 2 amide bonds. The highest BCUT2D eigenvalue weighted by Gasteiger charge is 2.16. The van der Waals surface area contributed by atoms with Crippen LogP contribution in [0, 0.1) is 0 Å². The maximum absolute atomic E-state index is 11.9. The number of benzene rings is 1. The minimum Gasteiger partial charge on any atom is -0.354 e. The minimum absolute atomic E-state index is 0.0697. The molecule has 6 heteroatoms. The van der Waals surface area contributed by atoms with Gasteiger partial charge in [-0.3, -0.25) is 14.4 Å². The van der Waals surface area contributed by atoms with Crippen LogP contribution in [0.5, 0.6) is 0 Å². The third-order valence-corrected chi connectivity index (χ3v) is 3.59. The van der Waals surface area contributed by atoms with Crippen molar-refractivity contribution in [1.82, 2.24) is 10.6 Å². The summed E-state index contributed by atoms with van der Waals surface area (Å²) in [6, 6.07) is 6.40. The molecule has 1 atom stereocenters. The van der Waals surface area contributed by atoms with Crippen molar-refractivity contribution in [3.05, 3.63) is 34.3 Å². The molecular formula is C16H21BrN2O3. The predicted molar refractivity (Wildman–Crippen MR) is 88.6 cm³/mol. The highest BCUT2D eigenvalue weighted by Crippen LogP contribution is 2.12. The van der Waals surface area contributed by atoms with Gasteiger partial charge in [0.25, 0.3) is 0 Å². The number of nitrogens with one attached hydrogen (secondary N) is 2. The first-order valence-corrected chi connectivity index (χ1v) is 8.09. The van der Waals surface area contributed by atoms with Gasteiger partial charge in [0.15, 0.2) is 5.78 Å². The Balaban J connectivity index is 2.37. The smallest absolute Gasteiger partial charge is 0.242 e. The molecule has 0 aliphatic carbocycles. The molecule has 2 N–H and O–H groups in total. The fourth-order valence-electron chi connectivity index (χ4n) is 1.79. The molecule has 0 aliphatic rings. The fraction of sp³-hybridized carbons (Fsp3) is 0.438. The summed E-state index contributed by atoms with van der Waals surface area (Å²) in [4.78, 5) is 35.3. The van der Waals surface area contributed by atoms with E-state index in [4.69, 9.17) is 0 Å². The molecule has 1 rings (SSSR count). The van der Waals surface area contributed by atoms with Gasteiger partial charge in [0.05, 0.1) is 0 Å². The van der Waals surface area contributed by atoms with E-state index in [1.165, 1.54) is 0 Å². The topological polar surface area (TPSA) is 75.3 Å². The molecule has 0 bridgehead atoms. The lowest BCUT2D eigenvalue weighted by Gasteiger charge is -2.13. The van der Waals surface area contributed by atoms with E-state index in [2.05, 4.69) is 26.6 Å². The first-order chi connectivity index (χ1) is 10.4. The Morgan fingerprint density at radius 1 is 1.14 bits per heavy atom. The van der Waals surface area contributed by atoms with Crippen LogP contribution >= 0.6 is 15.9 Å². The minimum atomic E-state index is -0.596. The molecule has 0 radical (unpaired) electrons. The van der Waals surface area contributed by atoms with Crippen LogP contribution in [0.3, 0.4) is 0 Å². The van der Waals surface area contributed by atoms with Crippen molar-refractivity contribution >= 4 is 33.5 Å². The van der Waals surface area contributed by atoms with E-state index in [1.54, 1.807) is 31.2 Å². The molecule has 1 aromatic carbocycles. The van der Waals surface area contributed by atoms with Crippen molar-refractivity contribution in [1.29, 1.82) is 0 Å². The number of ketones is 1. The van der Waals surface area contributed by atoms with Crippen LogP contribution in [0.15, 0.2) is 28.7 Å². The number of amides is 2. The number of Topliss-reactive ketones (excluding diaryl/α,β-unsaturated/α-hetero) is 1. The van der Waals surface area contributed by atoms with Gasteiger partial charge < -0.3 is 10.6 Å². The Morgan fingerprint density at radius 3 is 2.36 bits per heavy atom. The van der Waals surface area contributed by atoms with Gasteiger partial charge in [-0.25, -0.2) is 0 Å². The summed E-state index contributed by atoms with van der Waals surface area (Å²) < 4.78 is 0.897. The number of carbonyl (C=O) groups excluding carboxylic acids is 3. The fourth-order valence-corrected chi connectivity index (χ4v) is 2.05. The molecule has 0 saturated heterocycles. The molecule has 120 valence electrons. The molecule has 0 unspecified atom stereocenters. The monoisotopic (exact) mass is 368 g/mol. The standard InChI is InChI=1S/C16H21BrN2O3/c1-3-10-18-16(22)11(2)19-15(21)9-8-14(20)12-4-6-13(17)7-5-12/h4-7,11H,3,8-10H2,1-2H3,(H,18,22)(H,19,21)/t11-/m0/s1. The summed E-state index contributed by atoms with van der Waals surface area (Å²) in [6.45, 7) is 4.16. The maximum Gasteiger partial charge on any atom is 0.242 e. The number of halogens is 1. The predicted octanol–water partition coefficient (Wildman–Crippen LogP) is 2.44. The normalized spacial score (nSPS) is 11.6. The van der Waals surface area contributed by atoms with Gasteiger partial charge in [0.2, 0.25) is 11.8 Å². The van der Waals surface area contributed by atoms with Crippen LogP contribution in [-0.4, -0.2) is 30.2 Å². The summed E-state index contributed by atoms with van der Waals surface area (Å²) in [6.07, 6.45) is 1.03. The first kappa shape index (κ1) is 18.4. The van der Waals surface area contributed by atoms with E-state index in [9.17, 15) is 14.4 Å². The molecule has 22 heavy (non-hydrogen) atoms. The molecule has 1 aromatic rings. The first-order valence-electron chi connectivity index (χ1n) is 7.30. The van der Waals surface area contributed by atoms with Gasteiger partial charge in [0.1, 0.15) is 6.04 Å². The highest BCUT2D eigenvalue weighted by atomic mass is 79.9. The Labute approximate surface area is 139 Å². The van der Waals surface area contributed by atoms with Gasteiger partial charge in [-0.2, -0.15) is 0 Å². The zero-order valence-electron chi connectivity index (χ0n) is 12.8. The van der Waals surface area contributed by atoms with Gasteiger partial charge in [-0.05, 0) is 25.5 Å². The van der Waals surface area contributed by atoms with Crippen LogP contribution in [0.1, 0.15) is 43.5 Å². The van der Waals surface area contributed by atoms with E-state index in [0.717, 1.165) is 10.9 Å². The maximum atomic E-state index is 11.9. The van der Waals surface area contributed by atoms with Gasteiger partial charge in [0, 0.05) is 29.4 Å². The summed E-state index contributed by atoms with van der Waals surface area (Å²) in [7, 11) is 0. The Hall–Kier alpha value is -1.69. The van der Waals surface area contributed by atoms with Crippen molar-refractivity contribution < 1.29 is 14.4 Å². The third-order valence-electron chi connectivity index (χ3n) is 3.07. The average molecular weight is 369 g/mol. The molecule has 5 nitrogen and oxygen atoms in total. The van der Waals surface area contributed by atoms with Gasteiger partial charge in [-0.1, -0.05) is 35.0 Å². The van der Waals surface area contributed by atoms with Crippen LogP contribution < -0.4 is 10.6 Å². The van der Waals surface area contributed by atoms with Gasteiger partial charge in [-0.15, -0.1) is 0 Å². The van der Waals surface area contributed by atoms with E-state index >= 15 is 0 Å². The summed E-state index contributed by atoms with van der Waals surface area (Å²) in [5.41, 5.74) is 0.574. The van der Waals surface area contributed by atoms with Crippen molar-refractivity contribution in [3.63, 3.8) is 0 Å². The Morgan fingerprint density at radius 2 is 1.77 bits per heavy atom. The Bertz CT molecular complexity index is 529. The lowest BCUT2D eigenvalue weighted by molar-refractivity contribution is -0.128. The zero-order valence-corrected chi connectivity index (χ0v) is 14.4. The molecule has 0 aliphatic heterocycles. The second-order valence-electron chi connectivity index (χ2n) is 5.01. The number of carbonyl (C=O) groups is 3.